The zero-order chi connectivity index (χ0) is 15.8. The van der Waals surface area contributed by atoms with Crippen LogP contribution in [0.15, 0.2) is 35.5 Å². The number of nitrogens with zero attached hydrogens (tertiary/aromatic N) is 1. The Balaban J connectivity index is 2.65. The van der Waals surface area contributed by atoms with Crippen molar-refractivity contribution in [1.82, 2.24) is 10.2 Å². The number of H-pyrrole nitrogens is 1. The molecule has 0 radical (unpaired) electrons. The van der Waals surface area contributed by atoms with Crippen molar-refractivity contribution < 1.29 is 26.4 Å². The first-order chi connectivity index (χ1) is 9.60. The molecule has 2 aromatic rings. The van der Waals surface area contributed by atoms with Crippen LogP contribution in [0.25, 0.3) is 0 Å². The van der Waals surface area contributed by atoms with E-state index in [2.05, 4.69) is 10.2 Å². The maximum atomic E-state index is 12.7. The largest absolute Gasteiger partial charge is 0.416 e. The van der Waals surface area contributed by atoms with E-state index in [1.807, 2.05) is 0 Å². The zero-order valence-corrected chi connectivity index (χ0v) is 11.4. The highest BCUT2D eigenvalue weighted by atomic mass is 32.2. The molecule has 0 atom stereocenters. The van der Waals surface area contributed by atoms with Crippen LogP contribution in [-0.2, 0) is 16.0 Å². The molecule has 0 fully saturated rings. The van der Waals surface area contributed by atoms with Gasteiger partial charge in [-0.1, -0.05) is 0 Å². The van der Waals surface area contributed by atoms with Gasteiger partial charge in [-0.05, 0) is 18.2 Å². The number of ketones is 1. The van der Waals surface area contributed by atoms with Crippen LogP contribution >= 0.6 is 0 Å². The van der Waals surface area contributed by atoms with Crippen molar-refractivity contribution in [2.24, 2.45) is 0 Å². The van der Waals surface area contributed by atoms with Gasteiger partial charge in [-0.25, -0.2) is 8.42 Å². The number of aromatic amines is 1. The Labute approximate surface area is 117 Å². The van der Waals surface area contributed by atoms with E-state index in [9.17, 15) is 26.4 Å². The van der Waals surface area contributed by atoms with Gasteiger partial charge in [-0.2, -0.15) is 18.3 Å². The first-order valence-corrected chi connectivity index (χ1v) is 7.44. The first kappa shape index (κ1) is 15.2. The molecule has 0 aliphatic rings. The lowest BCUT2D eigenvalue weighted by atomic mass is 10.0. The molecule has 1 N–H and O–H groups in total. The van der Waals surface area contributed by atoms with Gasteiger partial charge in [-0.3, -0.25) is 9.89 Å². The summed E-state index contributed by atoms with van der Waals surface area (Å²) in [6, 6.07) is 1.99. The van der Waals surface area contributed by atoms with E-state index in [-0.39, 0.29) is 11.1 Å². The Morgan fingerprint density at radius 3 is 2.43 bits per heavy atom. The average Bonchev–Trinajstić information content (AvgIpc) is 2.89. The topological polar surface area (TPSA) is 79.9 Å². The molecule has 1 aromatic heterocycles. The number of carbonyl (C=O) groups excluding carboxylic acids is 1. The highest BCUT2D eigenvalue weighted by Crippen LogP contribution is 2.32. The molecular formula is C12H9F3N2O3S. The van der Waals surface area contributed by atoms with Crippen LogP contribution in [0.3, 0.4) is 0 Å². The second-order valence-electron chi connectivity index (χ2n) is 4.30. The van der Waals surface area contributed by atoms with Gasteiger partial charge in [0.1, 0.15) is 0 Å². The minimum atomic E-state index is -4.70. The number of hydrogen-bond donors (Lipinski definition) is 1. The van der Waals surface area contributed by atoms with Crippen LogP contribution in [0, 0.1) is 0 Å². The molecule has 0 bridgehead atoms. The molecule has 0 aliphatic carbocycles. The van der Waals surface area contributed by atoms with Gasteiger partial charge in [0.2, 0.25) is 0 Å². The van der Waals surface area contributed by atoms with Gasteiger partial charge in [0.25, 0.3) is 0 Å². The summed E-state index contributed by atoms with van der Waals surface area (Å²) in [6.07, 6.45) is -1.57. The Morgan fingerprint density at radius 2 is 1.95 bits per heavy atom. The molecule has 21 heavy (non-hydrogen) atoms. The van der Waals surface area contributed by atoms with Gasteiger partial charge in [0, 0.05) is 18.0 Å². The summed E-state index contributed by atoms with van der Waals surface area (Å²) in [4.78, 5) is 11.5. The molecule has 0 aliphatic heterocycles. The molecule has 0 unspecified atom stereocenters. The van der Waals surface area contributed by atoms with Crippen LogP contribution in [0.4, 0.5) is 13.2 Å². The number of aromatic nitrogens is 2. The van der Waals surface area contributed by atoms with E-state index in [0.717, 1.165) is 18.5 Å². The van der Waals surface area contributed by atoms with Gasteiger partial charge in [0.15, 0.2) is 15.6 Å². The lowest BCUT2D eigenvalue weighted by Gasteiger charge is -2.11. The Morgan fingerprint density at radius 1 is 1.29 bits per heavy atom. The summed E-state index contributed by atoms with van der Waals surface area (Å²) < 4.78 is 61.3. The van der Waals surface area contributed by atoms with Crippen molar-refractivity contribution in [1.29, 1.82) is 0 Å². The normalized spacial score (nSPS) is 12.4. The number of halogens is 3. The van der Waals surface area contributed by atoms with Gasteiger partial charge < -0.3 is 0 Å². The molecule has 5 nitrogen and oxygen atoms in total. The maximum Gasteiger partial charge on any atom is 0.416 e. The van der Waals surface area contributed by atoms with E-state index in [0.29, 0.717) is 12.1 Å². The zero-order valence-electron chi connectivity index (χ0n) is 10.6. The summed E-state index contributed by atoms with van der Waals surface area (Å²) in [5.74, 6) is -0.724. The lowest BCUT2D eigenvalue weighted by molar-refractivity contribution is -0.137. The third-order valence-corrected chi connectivity index (χ3v) is 3.85. The second-order valence-corrected chi connectivity index (χ2v) is 6.28. The first-order valence-electron chi connectivity index (χ1n) is 5.55. The van der Waals surface area contributed by atoms with Crippen LogP contribution < -0.4 is 0 Å². The van der Waals surface area contributed by atoms with Gasteiger partial charge in [-0.15, -0.1) is 0 Å². The molecule has 0 saturated heterocycles. The summed E-state index contributed by atoms with van der Waals surface area (Å²) in [5, 5.41) is 5.92. The van der Waals surface area contributed by atoms with Crippen molar-refractivity contribution in [3.05, 3.63) is 47.3 Å². The van der Waals surface area contributed by atoms with Crippen molar-refractivity contribution in [2.45, 2.75) is 11.1 Å². The number of alkyl halides is 3. The molecule has 0 spiro atoms. The van der Waals surface area contributed by atoms with Crippen LogP contribution in [0.1, 0.15) is 21.5 Å². The number of carbonyl (C=O) groups is 1. The van der Waals surface area contributed by atoms with Crippen LogP contribution in [-0.4, -0.2) is 30.7 Å². The molecule has 0 saturated carbocycles. The molecule has 112 valence electrons. The van der Waals surface area contributed by atoms with Crippen molar-refractivity contribution in [3.8, 4) is 0 Å². The van der Waals surface area contributed by atoms with Crippen molar-refractivity contribution in [2.75, 3.05) is 6.26 Å². The Hall–Kier alpha value is -2.16. The quantitative estimate of drug-likeness (QED) is 0.879. The highest BCUT2D eigenvalue weighted by Gasteiger charge is 2.33. The average molecular weight is 318 g/mol. The minimum Gasteiger partial charge on any atom is -0.288 e. The summed E-state index contributed by atoms with van der Waals surface area (Å²) in [6.45, 7) is 0. The fourth-order valence-corrected chi connectivity index (χ4v) is 2.62. The van der Waals surface area contributed by atoms with E-state index >= 15 is 0 Å². The summed E-state index contributed by atoms with van der Waals surface area (Å²) in [5.41, 5.74) is -1.40. The molecule has 2 rings (SSSR count). The highest BCUT2D eigenvalue weighted by molar-refractivity contribution is 7.90. The SMILES string of the molecule is CS(=O)(=O)c1cc(C(F)(F)F)ccc1C(=O)c1cn[nH]c1. The summed E-state index contributed by atoms with van der Waals surface area (Å²) >= 11 is 0. The molecule has 9 heteroatoms. The molecule has 0 amide bonds. The smallest absolute Gasteiger partial charge is 0.288 e. The van der Waals surface area contributed by atoms with Crippen LogP contribution in [0.5, 0.6) is 0 Å². The Kier molecular flexibility index (Phi) is 3.62. The summed E-state index contributed by atoms with van der Waals surface area (Å²) in [7, 11) is -4.00. The monoisotopic (exact) mass is 318 g/mol. The number of rotatable bonds is 3. The number of sulfone groups is 1. The fourth-order valence-electron chi connectivity index (χ4n) is 1.72. The third kappa shape index (κ3) is 3.13. The maximum absolute atomic E-state index is 12.7. The van der Waals surface area contributed by atoms with E-state index in [1.165, 1.54) is 6.20 Å². The van der Waals surface area contributed by atoms with Gasteiger partial charge >= 0.3 is 6.18 Å². The molecule has 1 aromatic carbocycles. The van der Waals surface area contributed by atoms with Crippen molar-refractivity contribution >= 4 is 15.6 Å². The minimum absolute atomic E-state index is 0.0552. The second kappa shape index (κ2) is 4.99. The number of benzene rings is 1. The van der Waals surface area contributed by atoms with E-state index in [1.54, 1.807) is 0 Å². The predicted molar refractivity (Wildman–Crippen MR) is 66.6 cm³/mol. The number of nitrogens with one attached hydrogen (secondary N) is 1. The van der Waals surface area contributed by atoms with Crippen molar-refractivity contribution in [3.63, 3.8) is 0 Å². The lowest BCUT2D eigenvalue weighted by Crippen LogP contribution is -2.13. The third-order valence-electron chi connectivity index (χ3n) is 2.71. The van der Waals surface area contributed by atoms with E-state index < -0.39 is 32.3 Å². The standard InChI is InChI=1S/C12H9F3N2O3S/c1-21(19,20)10-4-8(12(13,14)15)2-3-9(10)11(18)7-5-16-17-6-7/h2-6H,1H3,(H,16,17). The van der Waals surface area contributed by atoms with Crippen LogP contribution in [0.2, 0.25) is 0 Å². The number of hydrogen-bond acceptors (Lipinski definition) is 4. The molecule has 1 heterocycles. The Bertz CT molecular complexity index is 781. The van der Waals surface area contributed by atoms with Gasteiger partial charge in [0.05, 0.1) is 22.2 Å². The molecular weight excluding hydrogens is 309 g/mol. The van der Waals surface area contributed by atoms with E-state index in [4.69, 9.17) is 0 Å². The fraction of sp³-hybridized carbons (Fsp3) is 0.167. The predicted octanol–water partition coefficient (Wildman–Crippen LogP) is 2.06.